The van der Waals surface area contributed by atoms with E-state index in [1.54, 1.807) is 19.1 Å². The number of carbonyl (C=O) groups is 1. The van der Waals surface area contributed by atoms with Gasteiger partial charge in [0.25, 0.3) is 5.91 Å². The minimum Gasteiger partial charge on any atom is -0.378 e. The first-order chi connectivity index (χ1) is 9.08. The highest BCUT2D eigenvalue weighted by molar-refractivity contribution is 5.94. The molecule has 7 heteroatoms. The monoisotopic (exact) mass is 260 g/mol. The number of hydrogen-bond donors (Lipinski definition) is 2. The zero-order valence-electron chi connectivity index (χ0n) is 11.1. The fourth-order valence-electron chi connectivity index (χ4n) is 1.61. The highest BCUT2D eigenvalue weighted by Gasteiger charge is 2.14. The van der Waals surface area contributed by atoms with Crippen LogP contribution >= 0.6 is 0 Å². The number of nitrogens with one attached hydrogen (secondary N) is 2. The molecule has 2 rings (SSSR count). The van der Waals surface area contributed by atoms with Crippen LogP contribution < -0.4 is 10.2 Å². The molecule has 19 heavy (non-hydrogen) atoms. The Balaban J connectivity index is 2.03. The molecule has 0 aliphatic carbocycles. The number of carbonyl (C=O) groups excluding carboxylic acids is 1. The highest BCUT2D eigenvalue weighted by atomic mass is 16.1. The first-order valence-electron chi connectivity index (χ1n) is 5.89. The summed E-state index contributed by atoms with van der Waals surface area (Å²) in [6.07, 6.45) is 0. The highest BCUT2D eigenvalue weighted by Crippen LogP contribution is 2.13. The SMILES string of the molecule is CC(NC(=O)c1ccc(N(C)C)cc1)c1nn[nH]n1. The third-order valence-corrected chi connectivity index (χ3v) is 2.74. The molecule has 100 valence electrons. The summed E-state index contributed by atoms with van der Waals surface area (Å²) in [7, 11) is 3.90. The van der Waals surface area contributed by atoms with E-state index in [1.165, 1.54) is 0 Å². The van der Waals surface area contributed by atoms with Gasteiger partial charge in [-0.25, -0.2) is 0 Å². The van der Waals surface area contributed by atoms with Crippen LogP contribution in [0.4, 0.5) is 5.69 Å². The van der Waals surface area contributed by atoms with Gasteiger partial charge in [-0.2, -0.15) is 5.21 Å². The standard InChI is InChI=1S/C12H16N6O/c1-8(11-14-16-17-15-11)13-12(19)9-4-6-10(7-5-9)18(2)3/h4-8H,1-3H3,(H,13,19)(H,14,15,16,17). The van der Waals surface area contributed by atoms with E-state index in [9.17, 15) is 4.79 Å². The van der Waals surface area contributed by atoms with Crippen molar-refractivity contribution >= 4 is 11.6 Å². The van der Waals surface area contributed by atoms with Crippen molar-refractivity contribution in [3.63, 3.8) is 0 Å². The number of nitrogens with zero attached hydrogens (tertiary/aromatic N) is 4. The van der Waals surface area contributed by atoms with E-state index >= 15 is 0 Å². The van der Waals surface area contributed by atoms with Crippen molar-refractivity contribution in [3.8, 4) is 0 Å². The molecular formula is C12H16N6O. The van der Waals surface area contributed by atoms with Crippen LogP contribution in [-0.4, -0.2) is 40.6 Å². The van der Waals surface area contributed by atoms with E-state index in [-0.39, 0.29) is 11.9 Å². The molecule has 1 unspecified atom stereocenters. The Labute approximate surface area is 111 Å². The first-order valence-corrected chi connectivity index (χ1v) is 5.89. The Hall–Kier alpha value is -2.44. The molecule has 0 saturated carbocycles. The summed E-state index contributed by atoms with van der Waals surface area (Å²) in [5.74, 6) is 0.292. The fraction of sp³-hybridized carbons (Fsp3) is 0.333. The number of hydrogen-bond acceptors (Lipinski definition) is 5. The van der Waals surface area contributed by atoms with Crippen LogP contribution in [0.1, 0.15) is 29.1 Å². The van der Waals surface area contributed by atoms with Gasteiger partial charge < -0.3 is 10.2 Å². The van der Waals surface area contributed by atoms with Crippen molar-refractivity contribution in [2.75, 3.05) is 19.0 Å². The molecule has 0 spiro atoms. The van der Waals surface area contributed by atoms with Gasteiger partial charge in [0, 0.05) is 25.3 Å². The van der Waals surface area contributed by atoms with Crippen LogP contribution in [-0.2, 0) is 0 Å². The summed E-state index contributed by atoms with van der Waals surface area (Å²) in [5.41, 5.74) is 1.64. The van der Waals surface area contributed by atoms with E-state index in [4.69, 9.17) is 0 Å². The molecule has 2 aromatic rings. The summed E-state index contributed by atoms with van der Waals surface area (Å²) < 4.78 is 0. The van der Waals surface area contributed by atoms with Crippen molar-refractivity contribution in [2.24, 2.45) is 0 Å². The third-order valence-electron chi connectivity index (χ3n) is 2.74. The number of benzene rings is 1. The van der Waals surface area contributed by atoms with E-state index in [0.717, 1.165) is 5.69 Å². The maximum absolute atomic E-state index is 12.0. The summed E-state index contributed by atoms with van der Waals surface area (Å²) in [4.78, 5) is 14.0. The smallest absolute Gasteiger partial charge is 0.251 e. The Bertz CT molecular complexity index is 534. The van der Waals surface area contributed by atoms with Crippen molar-refractivity contribution in [3.05, 3.63) is 35.7 Å². The van der Waals surface area contributed by atoms with Gasteiger partial charge in [-0.1, -0.05) is 5.21 Å². The number of aromatic nitrogens is 4. The van der Waals surface area contributed by atoms with Gasteiger partial charge in [0.2, 0.25) is 0 Å². The van der Waals surface area contributed by atoms with E-state index in [1.807, 2.05) is 31.1 Å². The van der Waals surface area contributed by atoms with Gasteiger partial charge in [-0.15, -0.1) is 10.2 Å². The number of aromatic amines is 1. The van der Waals surface area contributed by atoms with Crippen LogP contribution in [0.3, 0.4) is 0 Å². The Kier molecular flexibility index (Phi) is 3.74. The molecule has 0 fully saturated rings. The van der Waals surface area contributed by atoms with Gasteiger partial charge >= 0.3 is 0 Å². The Morgan fingerprint density at radius 1 is 1.32 bits per heavy atom. The predicted molar refractivity (Wildman–Crippen MR) is 70.8 cm³/mol. The lowest BCUT2D eigenvalue weighted by atomic mass is 10.1. The largest absolute Gasteiger partial charge is 0.378 e. The molecule has 1 atom stereocenters. The Morgan fingerprint density at radius 3 is 2.53 bits per heavy atom. The third kappa shape index (κ3) is 3.06. The van der Waals surface area contributed by atoms with Crippen LogP contribution in [0, 0.1) is 0 Å². The quantitative estimate of drug-likeness (QED) is 0.847. The number of amides is 1. The molecular weight excluding hydrogens is 244 g/mol. The average molecular weight is 260 g/mol. The molecule has 7 nitrogen and oxygen atoms in total. The summed E-state index contributed by atoms with van der Waals surface area (Å²) >= 11 is 0. The second kappa shape index (κ2) is 5.47. The zero-order valence-corrected chi connectivity index (χ0v) is 11.1. The second-order valence-corrected chi connectivity index (χ2v) is 4.41. The fourth-order valence-corrected chi connectivity index (χ4v) is 1.61. The van der Waals surface area contributed by atoms with Crippen molar-refractivity contribution in [2.45, 2.75) is 13.0 Å². The summed E-state index contributed by atoms with van der Waals surface area (Å²) in [6, 6.07) is 7.07. The molecule has 2 N–H and O–H groups in total. The molecule has 1 aromatic heterocycles. The maximum atomic E-state index is 12.0. The molecule has 0 aliphatic heterocycles. The summed E-state index contributed by atoms with van der Waals surface area (Å²) in [5, 5.41) is 16.3. The van der Waals surface area contributed by atoms with Crippen LogP contribution in [0.25, 0.3) is 0 Å². The van der Waals surface area contributed by atoms with Crippen LogP contribution in [0.15, 0.2) is 24.3 Å². The van der Waals surface area contributed by atoms with E-state index in [2.05, 4.69) is 25.9 Å². The van der Waals surface area contributed by atoms with Crippen LogP contribution in [0.2, 0.25) is 0 Å². The molecule has 0 saturated heterocycles. The summed E-state index contributed by atoms with van der Waals surface area (Å²) in [6.45, 7) is 1.80. The minimum atomic E-state index is -0.292. The van der Waals surface area contributed by atoms with Gasteiger partial charge in [-0.05, 0) is 31.2 Å². The minimum absolute atomic E-state index is 0.164. The number of anilines is 1. The van der Waals surface area contributed by atoms with Crippen molar-refractivity contribution in [1.82, 2.24) is 25.9 Å². The topological polar surface area (TPSA) is 86.8 Å². The molecule has 0 bridgehead atoms. The lowest BCUT2D eigenvalue weighted by Crippen LogP contribution is -2.27. The average Bonchev–Trinajstić information content (AvgIpc) is 2.92. The molecule has 1 amide bonds. The number of tetrazole rings is 1. The second-order valence-electron chi connectivity index (χ2n) is 4.41. The number of H-pyrrole nitrogens is 1. The van der Waals surface area contributed by atoms with Crippen LogP contribution in [0.5, 0.6) is 0 Å². The van der Waals surface area contributed by atoms with Gasteiger partial charge in [-0.3, -0.25) is 4.79 Å². The lowest BCUT2D eigenvalue weighted by molar-refractivity contribution is 0.0938. The molecule has 0 radical (unpaired) electrons. The molecule has 1 aromatic carbocycles. The van der Waals surface area contributed by atoms with E-state index in [0.29, 0.717) is 11.4 Å². The van der Waals surface area contributed by atoms with Crippen molar-refractivity contribution in [1.29, 1.82) is 0 Å². The van der Waals surface area contributed by atoms with Gasteiger partial charge in [0.05, 0.1) is 6.04 Å². The zero-order chi connectivity index (χ0) is 13.8. The van der Waals surface area contributed by atoms with Crippen molar-refractivity contribution < 1.29 is 4.79 Å². The molecule has 0 aliphatic rings. The lowest BCUT2D eigenvalue weighted by Gasteiger charge is -2.13. The van der Waals surface area contributed by atoms with E-state index < -0.39 is 0 Å². The Morgan fingerprint density at radius 2 is 2.00 bits per heavy atom. The van der Waals surface area contributed by atoms with Gasteiger partial charge in [0.15, 0.2) is 5.82 Å². The maximum Gasteiger partial charge on any atom is 0.251 e. The molecule has 1 heterocycles. The normalized spacial score (nSPS) is 11.9. The predicted octanol–water partition coefficient (Wildman–Crippen LogP) is 0.757. The first kappa shape index (κ1) is 13.0. The van der Waals surface area contributed by atoms with Gasteiger partial charge in [0.1, 0.15) is 0 Å². The number of rotatable bonds is 4.